The van der Waals surface area contributed by atoms with Gasteiger partial charge in [-0.2, -0.15) is 4.72 Å². The minimum atomic E-state index is -3.94. The molecule has 0 saturated carbocycles. The number of fused-ring (bicyclic) bond motifs is 2. The van der Waals surface area contributed by atoms with Crippen LogP contribution >= 0.6 is 24.0 Å². The summed E-state index contributed by atoms with van der Waals surface area (Å²) in [4.78, 5) is 14.4. The monoisotopic (exact) mass is 509 g/mol. The van der Waals surface area contributed by atoms with Crippen LogP contribution in [0.5, 0.6) is 0 Å². The average molecular weight is 510 g/mol. The van der Waals surface area contributed by atoms with Crippen LogP contribution in [0, 0.1) is 5.82 Å². The summed E-state index contributed by atoms with van der Waals surface area (Å²) in [5, 5.41) is 5.30. The van der Waals surface area contributed by atoms with Crippen molar-refractivity contribution in [2.24, 2.45) is 0 Å². The first-order valence-electron chi connectivity index (χ1n) is 10.4. The number of halogens is 3. The minimum absolute atomic E-state index is 0. The first-order chi connectivity index (χ1) is 15.3. The van der Waals surface area contributed by atoms with Gasteiger partial charge in [0.05, 0.1) is 10.6 Å². The first kappa shape index (κ1) is 23.9. The number of carbonyl (C=O) groups is 1. The van der Waals surface area contributed by atoms with Crippen LogP contribution in [0.1, 0.15) is 17.5 Å². The molecule has 0 radical (unpaired) electrons. The van der Waals surface area contributed by atoms with E-state index in [-0.39, 0.29) is 36.0 Å². The highest BCUT2D eigenvalue weighted by molar-refractivity contribution is 7.89. The van der Waals surface area contributed by atoms with E-state index in [0.29, 0.717) is 30.1 Å². The second kappa shape index (κ2) is 9.19. The molecule has 3 aromatic carbocycles. The molecule has 1 atom stereocenters. The van der Waals surface area contributed by atoms with Gasteiger partial charge in [-0.1, -0.05) is 29.8 Å². The third-order valence-electron chi connectivity index (χ3n) is 6.06. The van der Waals surface area contributed by atoms with Gasteiger partial charge >= 0.3 is 0 Å². The van der Waals surface area contributed by atoms with Gasteiger partial charge in [0.1, 0.15) is 11.9 Å². The van der Waals surface area contributed by atoms with E-state index in [1.807, 2.05) is 6.07 Å². The van der Waals surface area contributed by atoms with E-state index < -0.39 is 27.8 Å². The van der Waals surface area contributed by atoms with Gasteiger partial charge in [0, 0.05) is 18.1 Å². The lowest BCUT2D eigenvalue weighted by Gasteiger charge is -2.23. The zero-order chi connectivity index (χ0) is 22.5. The molecule has 2 N–H and O–H groups in total. The molecule has 1 fully saturated rings. The zero-order valence-electron chi connectivity index (χ0n) is 17.5. The largest absolute Gasteiger partial charge is 0.312 e. The number of hydrogen-bond donors (Lipinski definition) is 2. The topological polar surface area (TPSA) is 78.5 Å². The highest BCUT2D eigenvalue weighted by Gasteiger charge is 2.37. The Morgan fingerprint density at radius 2 is 1.85 bits per heavy atom. The molecule has 2 aliphatic rings. The molecule has 5 rings (SSSR count). The number of nitrogens with zero attached hydrogens (tertiary/aromatic N) is 1. The SMILES string of the molecule is Cl.O=C1[C@@H](NS(=O)(=O)c2ccc3cc(Cl)ccc3c2)CCN1c1ccc2c(c1F)CCNC2. The van der Waals surface area contributed by atoms with E-state index in [1.165, 1.54) is 11.0 Å². The van der Waals surface area contributed by atoms with Crippen molar-refractivity contribution in [3.05, 3.63) is 70.5 Å². The first-order valence-corrected chi connectivity index (χ1v) is 12.2. The van der Waals surface area contributed by atoms with Gasteiger partial charge in [-0.15, -0.1) is 12.4 Å². The molecular weight excluding hydrogens is 488 g/mol. The van der Waals surface area contributed by atoms with Crippen LogP contribution in [0.3, 0.4) is 0 Å². The van der Waals surface area contributed by atoms with Gasteiger partial charge < -0.3 is 10.2 Å². The number of benzene rings is 3. The van der Waals surface area contributed by atoms with E-state index in [0.717, 1.165) is 16.3 Å². The predicted octanol–water partition coefficient (Wildman–Crippen LogP) is 3.78. The van der Waals surface area contributed by atoms with Crippen molar-refractivity contribution in [2.75, 3.05) is 18.0 Å². The van der Waals surface area contributed by atoms with Gasteiger partial charge in [0.2, 0.25) is 15.9 Å². The number of anilines is 1. The van der Waals surface area contributed by atoms with E-state index in [2.05, 4.69) is 10.0 Å². The van der Waals surface area contributed by atoms with Crippen LogP contribution in [-0.2, 0) is 27.8 Å². The number of sulfonamides is 1. The minimum Gasteiger partial charge on any atom is -0.312 e. The second-order valence-electron chi connectivity index (χ2n) is 8.07. The fourth-order valence-corrected chi connectivity index (χ4v) is 5.81. The summed E-state index contributed by atoms with van der Waals surface area (Å²) in [7, 11) is -3.94. The average Bonchev–Trinajstić information content (AvgIpc) is 3.13. The Labute approximate surface area is 202 Å². The Balaban J connectivity index is 0.00000259. The van der Waals surface area contributed by atoms with Crippen LogP contribution in [0.2, 0.25) is 5.02 Å². The van der Waals surface area contributed by atoms with Crippen molar-refractivity contribution in [1.82, 2.24) is 10.0 Å². The smallest absolute Gasteiger partial charge is 0.245 e. The van der Waals surface area contributed by atoms with Crippen LogP contribution < -0.4 is 14.9 Å². The van der Waals surface area contributed by atoms with Gasteiger partial charge in [-0.3, -0.25) is 4.79 Å². The molecule has 33 heavy (non-hydrogen) atoms. The van der Waals surface area contributed by atoms with E-state index in [1.54, 1.807) is 36.4 Å². The second-order valence-corrected chi connectivity index (χ2v) is 10.2. The van der Waals surface area contributed by atoms with Gasteiger partial charge in [0.15, 0.2) is 0 Å². The maximum Gasteiger partial charge on any atom is 0.245 e. The Bertz CT molecular complexity index is 1350. The Kier molecular flexibility index (Phi) is 6.66. The summed E-state index contributed by atoms with van der Waals surface area (Å²) in [6.45, 7) is 1.53. The lowest BCUT2D eigenvalue weighted by atomic mass is 9.99. The standard InChI is InChI=1S/C23H21ClFN3O3S.ClH/c24-17-4-1-15-12-18(5-2-14(15)11-17)32(30,31)27-20-8-10-28(23(20)29)21-6-3-16-13-26-9-7-19(16)22(21)25;/h1-6,11-12,20,26-27H,7-10,13H2;1H/t20-;/m0./s1. The maximum absolute atomic E-state index is 15.1. The maximum atomic E-state index is 15.1. The Hall–Kier alpha value is -2.23. The zero-order valence-corrected chi connectivity index (χ0v) is 19.9. The molecule has 0 aromatic heterocycles. The lowest BCUT2D eigenvalue weighted by molar-refractivity contribution is -0.118. The fourth-order valence-electron chi connectivity index (χ4n) is 4.38. The van der Waals surface area contributed by atoms with E-state index in [4.69, 9.17) is 11.6 Å². The highest BCUT2D eigenvalue weighted by atomic mass is 35.5. The van der Waals surface area contributed by atoms with Gasteiger partial charge in [0.25, 0.3) is 0 Å². The third-order valence-corrected chi connectivity index (χ3v) is 7.77. The molecule has 0 bridgehead atoms. The predicted molar refractivity (Wildman–Crippen MR) is 129 cm³/mol. The van der Waals surface area contributed by atoms with Crippen molar-refractivity contribution < 1.29 is 17.6 Å². The number of amides is 1. The molecule has 2 aliphatic heterocycles. The third kappa shape index (κ3) is 4.46. The molecule has 2 heterocycles. The molecular formula is C23H22Cl2FN3O3S. The summed E-state index contributed by atoms with van der Waals surface area (Å²) in [5.74, 6) is -0.844. The van der Waals surface area contributed by atoms with Crippen molar-refractivity contribution in [3.8, 4) is 0 Å². The van der Waals surface area contributed by atoms with Crippen molar-refractivity contribution >= 4 is 56.4 Å². The number of hydrogen-bond acceptors (Lipinski definition) is 4. The molecule has 174 valence electrons. The highest BCUT2D eigenvalue weighted by Crippen LogP contribution is 2.31. The van der Waals surface area contributed by atoms with Crippen LogP contribution in [0.15, 0.2) is 53.4 Å². The Morgan fingerprint density at radius 1 is 1.09 bits per heavy atom. The van der Waals surface area contributed by atoms with Crippen molar-refractivity contribution in [3.63, 3.8) is 0 Å². The summed E-state index contributed by atoms with van der Waals surface area (Å²) < 4.78 is 43.5. The molecule has 1 amide bonds. The van der Waals surface area contributed by atoms with Crippen molar-refractivity contribution in [1.29, 1.82) is 0 Å². The van der Waals surface area contributed by atoms with Crippen LogP contribution in [0.4, 0.5) is 10.1 Å². The van der Waals surface area contributed by atoms with Gasteiger partial charge in [-0.25, -0.2) is 12.8 Å². The number of rotatable bonds is 4. The molecule has 0 unspecified atom stereocenters. The summed E-state index contributed by atoms with van der Waals surface area (Å²) in [6.07, 6.45) is 0.819. The van der Waals surface area contributed by atoms with Gasteiger partial charge in [-0.05, 0) is 71.6 Å². The lowest BCUT2D eigenvalue weighted by Crippen LogP contribution is -2.41. The molecule has 6 nitrogen and oxygen atoms in total. The fraction of sp³-hybridized carbons (Fsp3) is 0.261. The molecule has 10 heteroatoms. The van der Waals surface area contributed by atoms with E-state index in [9.17, 15) is 13.2 Å². The molecule has 3 aromatic rings. The molecule has 0 spiro atoms. The molecule has 1 saturated heterocycles. The van der Waals surface area contributed by atoms with Crippen molar-refractivity contribution in [2.45, 2.75) is 30.3 Å². The van der Waals surface area contributed by atoms with E-state index >= 15 is 4.39 Å². The summed E-state index contributed by atoms with van der Waals surface area (Å²) in [6, 6.07) is 12.4. The van der Waals surface area contributed by atoms with Crippen LogP contribution in [-0.4, -0.2) is 33.5 Å². The summed E-state index contributed by atoms with van der Waals surface area (Å²) in [5.41, 5.74) is 1.72. The number of nitrogens with one attached hydrogen (secondary N) is 2. The summed E-state index contributed by atoms with van der Waals surface area (Å²) >= 11 is 5.99. The Morgan fingerprint density at radius 3 is 2.67 bits per heavy atom. The quantitative estimate of drug-likeness (QED) is 0.560. The normalized spacial score (nSPS) is 18.3. The number of carbonyl (C=O) groups excluding carboxylic acids is 1. The molecule has 0 aliphatic carbocycles. The van der Waals surface area contributed by atoms with Crippen LogP contribution in [0.25, 0.3) is 10.8 Å².